The highest BCUT2D eigenvalue weighted by atomic mass is 32.1. The molecule has 1 unspecified atom stereocenters. The number of thiophene rings is 1. The van der Waals surface area contributed by atoms with Crippen molar-refractivity contribution in [2.75, 3.05) is 26.3 Å². The fourth-order valence-electron chi connectivity index (χ4n) is 3.52. The maximum Gasteiger partial charge on any atom is 0.348 e. The van der Waals surface area contributed by atoms with Crippen LogP contribution in [0.5, 0.6) is 0 Å². The molecule has 3 rings (SSSR count). The van der Waals surface area contributed by atoms with Crippen molar-refractivity contribution < 1.29 is 19.1 Å². The van der Waals surface area contributed by atoms with Gasteiger partial charge in [0.2, 0.25) is 0 Å². The van der Waals surface area contributed by atoms with E-state index in [1.54, 1.807) is 20.8 Å². The molecule has 0 radical (unpaired) electrons. The van der Waals surface area contributed by atoms with Crippen LogP contribution in [-0.2, 0) is 20.8 Å². The van der Waals surface area contributed by atoms with Gasteiger partial charge in [0.25, 0.3) is 5.56 Å². The lowest BCUT2D eigenvalue weighted by atomic mass is 9.98. The summed E-state index contributed by atoms with van der Waals surface area (Å²) in [6, 6.07) is 0. The number of H-pyrrole nitrogens is 1. The molecule has 1 atom stereocenters. The van der Waals surface area contributed by atoms with E-state index in [4.69, 9.17) is 9.47 Å². The molecule has 2 aromatic rings. The number of fused-ring (bicyclic) bond motifs is 1. The summed E-state index contributed by atoms with van der Waals surface area (Å²) in [7, 11) is 0. The summed E-state index contributed by atoms with van der Waals surface area (Å²) in [5.41, 5.74) is 0.336. The molecule has 1 aliphatic rings. The van der Waals surface area contributed by atoms with Crippen LogP contribution in [0, 0.1) is 12.8 Å². The van der Waals surface area contributed by atoms with Crippen LogP contribution in [0.1, 0.15) is 47.7 Å². The van der Waals surface area contributed by atoms with Gasteiger partial charge in [-0.15, -0.1) is 11.3 Å². The highest BCUT2D eigenvalue weighted by Gasteiger charge is 2.27. The van der Waals surface area contributed by atoms with E-state index in [9.17, 15) is 14.4 Å². The molecule has 1 N–H and O–H groups in total. The van der Waals surface area contributed by atoms with Gasteiger partial charge in [-0.3, -0.25) is 14.5 Å². The third-order valence-corrected chi connectivity index (χ3v) is 5.97. The van der Waals surface area contributed by atoms with Crippen molar-refractivity contribution in [3.63, 3.8) is 0 Å². The first kappa shape index (κ1) is 20.5. The second kappa shape index (κ2) is 8.83. The van der Waals surface area contributed by atoms with Gasteiger partial charge < -0.3 is 14.5 Å². The summed E-state index contributed by atoms with van der Waals surface area (Å²) < 4.78 is 10.2. The number of aryl methyl sites for hydroxylation is 1. The first-order valence-corrected chi connectivity index (χ1v) is 10.3. The highest BCUT2D eigenvalue weighted by molar-refractivity contribution is 7.20. The average Bonchev–Trinajstić information content (AvgIpc) is 2.99. The summed E-state index contributed by atoms with van der Waals surface area (Å²) in [6.07, 6.45) is 1.70. The van der Waals surface area contributed by atoms with Gasteiger partial charge in [-0.05, 0) is 45.7 Å². The number of aromatic nitrogens is 2. The molecular formula is C19H25N3O5S. The van der Waals surface area contributed by atoms with Gasteiger partial charge in [0, 0.05) is 6.54 Å². The average molecular weight is 407 g/mol. The largest absolute Gasteiger partial charge is 0.466 e. The first-order chi connectivity index (χ1) is 13.4. The van der Waals surface area contributed by atoms with Crippen molar-refractivity contribution in [1.82, 2.24) is 14.9 Å². The van der Waals surface area contributed by atoms with E-state index in [0.717, 1.165) is 19.4 Å². The molecule has 152 valence electrons. The summed E-state index contributed by atoms with van der Waals surface area (Å²) >= 11 is 1.18. The van der Waals surface area contributed by atoms with Crippen molar-refractivity contribution in [3.05, 3.63) is 26.6 Å². The van der Waals surface area contributed by atoms with E-state index in [0.29, 0.717) is 46.2 Å². The molecule has 1 aliphatic heterocycles. The molecule has 9 heteroatoms. The second-order valence-corrected chi connectivity index (χ2v) is 7.79. The molecule has 0 aliphatic carbocycles. The zero-order valence-corrected chi connectivity index (χ0v) is 17.2. The Morgan fingerprint density at radius 3 is 2.75 bits per heavy atom. The fraction of sp³-hybridized carbons (Fsp3) is 0.579. The summed E-state index contributed by atoms with van der Waals surface area (Å²) in [6.45, 7) is 7.78. The minimum absolute atomic E-state index is 0.149. The van der Waals surface area contributed by atoms with Crippen LogP contribution in [0.3, 0.4) is 0 Å². The van der Waals surface area contributed by atoms with Crippen molar-refractivity contribution in [3.8, 4) is 0 Å². The Bertz CT molecular complexity index is 936. The number of esters is 2. The van der Waals surface area contributed by atoms with Crippen LogP contribution >= 0.6 is 11.3 Å². The predicted molar refractivity (Wildman–Crippen MR) is 106 cm³/mol. The van der Waals surface area contributed by atoms with Crippen LogP contribution in [0.4, 0.5) is 0 Å². The Balaban J connectivity index is 1.81. The Morgan fingerprint density at radius 2 is 2.04 bits per heavy atom. The molecule has 1 fully saturated rings. The highest BCUT2D eigenvalue weighted by Crippen LogP contribution is 2.28. The van der Waals surface area contributed by atoms with Gasteiger partial charge in [0.05, 0.1) is 31.1 Å². The number of ether oxygens (including phenoxy) is 2. The third kappa shape index (κ3) is 4.25. The van der Waals surface area contributed by atoms with E-state index in [2.05, 4.69) is 14.9 Å². The maximum atomic E-state index is 12.6. The lowest BCUT2D eigenvalue weighted by Gasteiger charge is -2.30. The lowest BCUT2D eigenvalue weighted by Crippen LogP contribution is -2.39. The number of rotatable bonds is 6. The fourth-order valence-corrected chi connectivity index (χ4v) is 4.61. The number of piperidine rings is 1. The van der Waals surface area contributed by atoms with Gasteiger partial charge in [-0.2, -0.15) is 0 Å². The number of hydrogen-bond acceptors (Lipinski definition) is 8. The number of carbonyl (C=O) groups excluding carboxylic acids is 2. The molecule has 0 aromatic carbocycles. The molecule has 1 saturated heterocycles. The van der Waals surface area contributed by atoms with E-state index in [1.165, 1.54) is 11.3 Å². The van der Waals surface area contributed by atoms with E-state index in [1.807, 2.05) is 0 Å². The summed E-state index contributed by atoms with van der Waals surface area (Å²) in [5, 5.41) is 0.430. The number of nitrogens with one attached hydrogen (secondary N) is 1. The summed E-state index contributed by atoms with van der Waals surface area (Å²) in [4.78, 5) is 47.1. The smallest absolute Gasteiger partial charge is 0.348 e. The number of nitrogens with zero attached hydrogens (tertiary/aromatic N) is 2. The molecule has 8 nitrogen and oxygen atoms in total. The third-order valence-electron chi connectivity index (χ3n) is 4.81. The standard InChI is InChI=1S/C19H25N3O5S/c1-4-26-18(24)12-7-6-8-22(9-12)10-13-20-16(23)14-11(3)15(19(25)27-5-2)28-17(14)21-13/h12H,4-10H2,1-3H3,(H,20,21,23). The molecular weight excluding hydrogens is 382 g/mol. The van der Waals surface area contributed by atoms with Crippen molar-refractivity contribution in [2.24, 2.45) is 5.92 Å². The van der Waals surface area contributed by atoms with E-state index in [-0.39, 0.29) is 24.1 Å². The van der Waals surface area contributed by atoms with Crippen LogP contribution in [0.15, 0.2) is 4.79 Å². The van der Waals surface area contributed by atoms with Crippen molar-refractivity contribution in [2.45, 2.75) is 40.2 Å². The molecule has 0 bridgehead atoms. The molecule has 28 heavy (non-hydrogen) atoms. The van der Waals surface area contributed by atoms with Crippen LogP contribution in [0.25, 0.3) is 10.2 Å². The normalized spacial score (nSPS) is 17.6. The summed E-state index contributed by atoms with van der Waals surface area (Å²) in [5.74, 6) is -0.225. The van der Waals surface area contributed by atoms with Crippen molar-refractivity contribution >= 4 is 33.5 Å². The zero-order valence-electron chi connectivity index (χ0n) is 16.4. The number of hydrogen-bond donors (Lipinski definition) is 1. The van der Waals surface area contributed by atoms with Gasteiger partial charge in [-0.25, -0.2) is 9.78 Å². The van der Waals surface area contributed by atoms with Crippen LogP contribution in [0.2, 0.25) is 0 Å². The number of carbonyl (C=O) groups is 2. The van der Waals surface area contributed by atoms with E-state index >= 15 is 0 Å². The van der Waals surface area contributed by atoms with E-state index < -0.39 is 5.97 Å². The van der Waals surface area contributed by atoms with Crippen LogP contribution in [-0.4, -0.2) is 53.1 Å². The Kier molecular flexibility index (Phi) is 6.46. The minimum atomic E-state index is -0.433. The monoisotopic (exact) mass is 407 g/mol. The molecule has 3 heterocycles. The van der Waals surface area contributed by atoms with Gasteiger partial charge in [-0.1, -0.05) is 0 Å². The molecule has 0 amide bonds. The van der Waals surface area contributed by atoms with Gasteiger partial charge in [0.15, 0.2) is 0 Å². The lowest BCUT2D eigenvalue weighted by molar-refractivity contribution is -0.150. The molecule has 2 aromatic heterocycles. The molecule has 0 saturated carbocycles. The number of likely N-dealkylation sites (tertiary alicyclic amines) is 1. The maximum absolute atomic E-state index is 12.6. The Labute approximate surface area is 166 Å². The first-order valence-electron chi connectivity index (χ1n) is 9.53. The Hall–Kier alpha value is -2.26. The number of aromatic amines is 1. The zero-order chi connectivity index (χ0) is 20.3. The molecule has 0 spiro atoms. The van der Waals surface area contributed by atoms with Gasteiger partial charge in [0.1, 0.15) is 15.5 Å². The topological polar surface area (TPSA) is 102 Å². The SMILES string of the molecule is CCOC(=O)c1sc2nc(CN3CCCC(C(=O)OCC)C3)[nH]c(=O)c2c1C. The predicted octanol–water partition coefficient (Wildman–Crippen LogP) is 2.24. The van der Waals surface area contributed by atoms with Gasteiger partial charge >= 0.3 is 11.9 Å². The van der Waals surface area contributed by atoms with Crippen molar-refractivity contribution in [1.29, 1.82) is 0 Å². The van der Waals surface area contributed by atoms with Crippen LogP contribution < -0.4 is 5.56 Å². The Morgan fingerprint density at radius 1 is 1.29 bits per heavy atom. The minimum Gasteiger partial charge on any atom is -0.466 e. The second-order valence-electron chi connectivity index (χ2n) is 6.80. The quantitative estimate of drug-likeness (QED) is 0.733.